The number of hydrogen-bond acceptors (Lipinski definition) is 5. The Bertz CT molecular complexity index is 982. The fraction of sp³-hybridized carbons (Fsp3) is 0.190. The number of aliphatic carboxylic acids is 1. The normalized spacial score (nSPS) is 16.4. The molecular formula is C21H20N2O4S. The number of thioether (sulfide) groups is 1. The number of carbonyl (C=O) groups excluding carboxylic acids is 1. The lowest BCUT2D eigenvalue weighted by Crippen LogP contribution is -2.19. The number of amides is 1. The quantitative estimate of drug-likeness (QED) is 0.719. The minimum Gasteiger partial charge on any atom is -0.492 e. The van der Waals surface area contributed by atoms with Crippen LogP contribution in [0.3, 0.4) is 0 Å². The molecule has 2 aromatic carbocycles. The Morgan fingerprint density at radius 2 is 2.00 bits per heavy atom. The van der Waals surface area contributed by atoms with Crippen molar-refractivity contribution >= 4 is 40.6 Å². The number of para-hydroxylation sites is 1. The summed E-state index contributed by atoms with van der Waals surface area (Å²) in [7, 11) is 0. The molecule has 1 aliphatic heterocycles. The molecule has 0 unspecified atom stereocenters. The number of carboxylic acid groups (broad SMARTS) is 1. The lowest BCUT2D eigenvalue weighted by atomic mass is 10.1. The van der Waals surface area contributed by atoms with Gasteiger partial charge in [0.1, 0.15) is 5.75 Å². The van der Waals surface area contributed by atoms with Gasteiger partial charge in [-0.1, -0.05) is 30.3 Å². The highest BCUT2D eigenvalue weighted by Crippen LogP contribution is 2.31. The minimum absolute atomic E-state index is 0.0637. The van der Waals surface area contributed by atoms with Gasteiger partial charge in [0, 0.05) is 5.56 Å². The largest absolute Gasteiger partial charge is 0.492 e. The average Bonchev–Trinajstić information content (AvgIpc) is 2.99. The van der Waals surface area contributed by atoms with E-state index in [2.05, 4.69) is 10.3 Å². The molecular weight excluding hydrogens is 376 g/mol. The van der Waals surface area contributed by atoms with Gasteiger partial charge in [-0.3, -0.25) is 9.59 Å². The topological polar surface area (TPSA) is 88.0 Å². The third kappa shape index (κ3) is 4.80. The van der Waals surface area contributed by atoms with E-state index in [4.69, 9.17) is 9.84 Å². The van der Waals surface area contributed by atoms with Gasteiger partial charge >= 0.3 is 5.97 Å². The number of benzene rings is 2. The van der Waals surface area contributed by atoms with Crippen LogP contribution in [0.15, 0.2) is 52.4 Å². The van der Waals surface area contributed by atoms with Crippen LogP contribution in [0.4, 0.5) is 5.69 Å². The molecule has 1 amide bonds. The summed E-state index contributed by atoms with van der Waals surface area (Å²) in [6.07, 6.45) is 1.63. The van der Waals surface area contributed by atoms with E-state index in [1.165, 1.54) is 11.8 Å². The summed E-state index contributed by atoms with van der Waals surface area (Å²) in [6, 6.07) is 13.1. The Labute approximate surface area is 167 Å². The number of aryl methyl sites for hydroxylation is 1. The first kappa shape index (κ1) is 19.7. The Morgan fingerprint density at radius 3 is 2.79 bits per heavy atom. The smallest absolute Gasteiger partial charge is 0.306 e. The third-order valence-electron chi connectivity index (χ3n) is 4.23. The Balaban J connectivity index is 1.80. The van der Waals surface area contributed by atoms with Crippen molar-refractivity contribution in [1.29, 1.82) is 0 Å². The van der Waals surface area contributed by atoms with Crippen LogP contribution in [-0.2, 0) is 9.59 Å². The van der Waals surface area contributed by atoms with Crippen molar-refractivity contribution in [3.05, 3.63) is 64.1 Å². The molecule has 0 aromatic heterocycles. The third-order valence-corrected chi connectivity index (χ3v) is 5.14. The van der Waals surface area contributed by atoms with Gasteiger partial charge in [0.25, 0.3) is 5.91 Å². The summed E-state index contributed by atoms with van der Waals surface area (Å²) >= 11 is 1.26. The first-order chi connectivity index (χ1) is 13.4. The molecule has 7 heteroatoms. The predicted molar refractivity (Wildman–Crippen MR) is 111 cm³/mol. The van der Waals surface area contributed by atoms with E-state index in [9.17, 15) is 9.59 Å². The van der Waals surface area contributed by atoms with Gasteiger partial charge in [0.15, 0.2) is 5.17 Å². The van der Waals surface area contributed by atoms with Crippen molar-refractivity contribution in [3.63, 3.8) is 0 Å². The van der Waals surface area contributed by atoms with Gasteiger partial charge in [0.2, 0.25) is 0 Å². The Kier molecular flexibility index (Phi) is 6.16. The van der Waals surface area contributed by atoms with Crippen molar-refractivity contribution in [1.82, 2.24) is 5.32 Å². The van der Waals surface area contributed by atoms with Crippen LogP contribution in [-0.4, -0.2) is 28.8 Å². The number of ether oxygens (including phenoxy) is 1. The highest BCUT2D eigenvalue weighted by molar-refractivity contribution is 8.18. The molecule has 0 saturated carbocycles. The molecule has 2 aromatic rings. The standard InChI is InChI=1S/C21H20N2O4S/c1-13-6-5-8-16(14(13)2)22-21-23-20(26)18(28-21)12-15-7-3-4-9-17(15)27-11-10-19(24)25/h3-9,12H,10-11H2,1-2H3,(H,24,25)(H,22,23,26)/b18-12+. The van der Waals surface area contributed by atoms with Crippen molar-refractivity contribution in [2.24, 2.45) is 4.99 Å². The Hall–Kier alpha value is -3.06. The number of nitrogens with zero attached hydrogens (tertiary/aromatic N) is 1. The van der Waals surface area contributed by atoms with Crippen molar-refractivity contribution in [2.75, 3.05) is 6.61 Å². The van der Waals surface area contributed by atoms with Crippen LogP contribution < -0.4 is 10.1 Å². The second-order valence-corrected chi connectivity index (χ2v) is 7.26. The molecule has 6 nitrogen and oxygen atoms in total. The molecule has 0 radical (unpaired) electrons. The molecule has 3 rings (SSSR count). The Morgan fingerprint density at radius 1 is 1.21 bits per heavy atom. The monoisotopic (exact) mass is 396 g/mol. The summed E-state index contributed by atoms with van der Waals surface area (Å²) in [5, 5.41) is 12.1. The van der Waals surface area contributed by atoms with Crippen molar-refractivity contribution in [2.45, 2.75) is 20.3 Å². The van der Waals surface area contributed by atoms with Gasteiger partial charge < -0.3 is 15.2 Å². The summed E-state index contributed by atoms with van der Waals surface area (Å²) < 4.78 is 5.55. The van der Waals surface area contributed by atoms with Gasteiger partial charge in [-0.15, -0.1) is 0 Å². The lowest BCUT2D eigenvalue weighted by Gasteiger charge is -2.08. The van der Waals surface area contributed by atoms with Crippen molar-refractivity contribution < 1.29 is 19.4 Å². The number of carbonyl (C=O) groups is 2. The van der Waals surface area contributed by atoms with E-state index in [0.717, 1.165) is 16.8 Å². The zero-order valence-electron chi connectivity index (χ0n) is 15.6. The van der Waals surface area contributed by atoms with Crippen LogP contribution >= 0.6 is 11.8 Å². The van der Waals surface area contributed by atoms with Crippen LogP contribution in [0.1, 0.15) is 23.1 Å². The molecule has 0 bridgehead atoms. The summed E-state index contributed by atoms with van der Waals surface area (Å²) in [5.41, 5.74) is 3.74. The zero-order chi connectivity index (χ0) is 20.1. The molecule has 0 aliphatic carbocycles. The van der Waals surface area contributed by atoms with Crippen LogP contribution in [0, 0.1) is 13.8 Å². The molecule has 1 heterocycles. The maximum absolute atomic E-state index is 12.3. The number of hydrogen-bond donors (Lipinski definition) is 2. The van der Waals surface area contributed by atoms with E-state index >= 15 is 0 Å². The number of aliphatic imine (C=N–C) groups is 1. The maximum Gasteiger partial charge on any atom is 0.306 e. The highest BCUT2D eigenvalue weighted by atomic mass is 32.2. The van der Waals surface area contributed by atoms with Crippen LogP contribution in [0.2, 0.25) is 0 Å². The van der Waals surface area contributed by atoms with E-state index in [-0.39, 0.29) is 18.9 Å². The lowest BCUT2D eigenvalue weighted by molar-refractivity contribution is -0.137. The van der Waals surface area contributed by atoms with Crippen LogP contribution in [0.5, 0.6) is 5.75 Å². The average molecular weight is 396 g/mol. The maximum atomic E-state index is 12.3. The SMILES string of the molecule is Cc1cccc(N=C2NC(=O)/C(=C\c3ccccc3OCCC(=O)O)S2)c1C. The summed E-state index contributed by atoms with van der Waals surface area (Å²) in [5.74, 6) is -0.618. The van der Waals surface area contributed by atoms with Crippen LogP contribution in [0.25, 0.3) is 6.08 Å². The molecule has 1 saturated heterocycles. The number of amidine groups is 1. The summed E-state index contributed by atoms with van der Waals surface area (Å²) in [4.78, 5) is 28.1. The summed E-state index contributed by atoms with van der Waals surface area (Å²) in [6.45, 7) is 4.08. The fourth-order valence-electron chi connectivity index (χ4n) is 2.57. The molecule has 1 fully saturated rings. The molecule has 0 atom stereocenters. The van der Waals surface area contributed by atoms with E-state index in [0.29, 0.717) is 21.4 Å². The highest BCUT2D eigenvalue weighted by Gasteiger charge is 2.24. The number of nitrogens with one attached hydrogen (secondary N) is 1. The molecule has 144 valence electrons. The first-order valence-electron chi connectivity index (χ1n) is 8.73. The van der Waals surface area contributed by atoms with E-state index in [1.54, 1.807) is 18.2 Å². The second-order valence-electron chi connectivity index (χ2n) is 6.23. The van der Waals surface area contributed by atoms with Crippen molar-refractivity contribution in [3.8, 4) is 5.75 Å². The van der Waals surface area contributed by atoms with Gasteiger partial charge in [-0.2, -0.15) is 0 Å². The number of rotatable bonds is 6. The molecule has 0 spiro atoms. The first-order valence-corrected chi connectivity index (χ1v) is 9.55. The van der Waals surface area contributed by atoms with Gasteiger partial charge in [-0.25, -0.2) is 4.99 Å². The van der Waals surface area contributed by atoms with E-state index < -0.39 is 5.97 Å². The molecule has 28 heavy (non-hydrogen) atoms. The number of carboxylic acids is 1. The van der Waals surface area contributed by atoms with Gasteiger partial charge in [-0.05, 0) is 54.9 Å². The van der Waals surface area contributed by atoms with Gasteiger partial charge in [0.05, 0.1) is 23.6 Å². The molecule has 2 N–H and O–H groups in total. The zero-order valence-corrected chi connectivity index (χ0v) is 16.4. The predicted octanol–water partition coefficient (Wildman–Crippen LogP) is 4.05. The minimum atomic E-state index is -0.922. The van der Waals surface area contributed by atoms with E-state index in [1.807, 2.05) is 44.2 Å². The molecule has 1 aliphatic rings. The second kappa shape index (κ2) is 8.75. The fourth-order valence-corrected chi connectivity index (χ4v) is 3.39.